The Bertz CT molecular complexity index is 935. The minimum atomic E-state index is -3.63. The molecule has 0 saturated carbocycles. The summed E-state index contributed by atoms with van der Waals surface area (Å²) in [4.78, 5) is 14.7. The van der Waals surface area contributed by atoms with E-state index >= 15 is 0 Å². The average molecular weight is 428 g/mol. The molecule has 2 aromatic rings. The van der Waals surface area contributed by atoms with Crippen LogP contribution in [0.25, 0.3) is 6.08 Å². The van der Waals surface area contributed by atoms with Crippen molar-refractivity contribution in [2.45, 2.75) is 25.7 Å². The molecule has 0 spiro atoms. The molecule has 1 saturated heterocycles. The van der Waals surface area contributed by atoms with E-state index in [2.05, 4.69) is 14.9 Å². The third kappa shape index (κ3) is 7.31. The molecule has 0 bridgehead atoms. The molecule has 30 heavy (non-hydrogen) atoms. The zero-order valence-corrected chi connectivity index (χ0v) is 17.9. The minimum absolute atomic E-state index is 0.146. The number of benzene rings is 2. The van der Waals surface area contributed by atoms with Gasteiger partial charge in [-0.2, -0.15) is 0 Å². The molecule has 7 heteroatoms. The fourth-order valence-corrected chi connectivity index (χ4v) is 4.28. The van der Waals surface area contributed by atoms with Gasteiger partial charge < -0.3 is 10.2 Å². The van der Waals surface area contributed by atoms with Gasteiger partial charge in [0.2, 0.25) is 0 Å². The van der Waals surface area contributed by atoms with Crippen molar-refractivity contribution in [1.29, 1.82) is 0 Å². The van der Waals surface area contributed by atoms with E-state index in [0.29, 0.717) is 17.8 Å². The normalized spacial score (nSPS) is 15.2. The van der Waals surface area contributed by atoms with Gasteiger partial charge in [-0.15, -0.1) is 0 Å². The number of piperidine rings is 1. The fraction of sp³-hybridized carbons (Fsp3) is 0.348. The predicted octanol–water partition coefficient (Wildman–Crippen LogP) is 3.71. The summed E-state index contributed by atoms with van der Waals surface area (Å²) in [6, 6.07) is 15.6. The van der Waals surface area contributed by atoms with E-state index in [9.17, 15) is 13.2 Å². The molecule has 6 nitrogen and oxygen atoms in total. The highest BCUT2D eigenvalue weighted by Gasteiger charge is 2.11. The van der Waals surface area contributed by atoms with Crippen molar-refractivity contribution in [3.05, 3.63) is 71.1 Å². The largest absolute Gasteiger partial charge is 0.352 e. The lowest BCUT2D eigenvalue weighted by molar-refractivity contribution is 0.0951. The number of nitrogens with zero attached hydrogens (tertiary/aromatic N) is 1. The molecule has 1 aliphatic heterocycles. The van der Waals surface area contributed by atoms with E-state index in [1.807, 2.05) is 30.3 Å². The van der Waals surface area contributed by atoms with E-state index in [4.69, 9.17) is 0 Å². The van der Waals surface area contributed by atoms with E-state index < -0.39 is 10.0 Å². The van der Waals surface area contributed by atoms with Crippen LogP contribution in [0, 0.1) is 0 Å². The van der Waals surface area contributed by atoms with Crippen LogP contribution in [0.1, 0.15) is 41.6 Å². The van der Waals surface area contributed by atoms with Gasteiger partial charge in [-0.05, 0) is 74.8 Å². The van der Waals surface area contributed by atoms with Gasteiger partial charge in [-0.1, -0.05) is 36.8 Å². The second kappa shape index (κ2) is 10.9. The third-order valence-corrected chi connectivity index (χ3v) is 6.05. The van der Waals surface area contributed by atoms with Gasteiger partial charge in [0, 0.05) is 17.8 Å². The van der Waals surface area contributed by atoms with Gasteiger partial charge >= 0.3 is 0 Å². The number of carbonyl (C=O) groups excluding carboxylic acids is 1. The van der Waals surface area contributed by atoms with Crippen LogP contribution in [0.2, 0.25) is 0 Å². The zero-order valence-electron chi connectivity index (χ0n) is 17.1. The van der Waals surface area contributed by atoms with Gasteiger partial charge in [-0.25, -0.2) is 8.42 Å². The Morgan fingerprint density at radius 3 is 2.37 bits per heavy atom. The van der Waals surface area contributed by atoms with Gasteiger partial charge in [0.1, 0.15) is 0 Å². The quantitative estimate of drug-likeness (QED) is 0.598. The van der Waals surface area contributed by atoms with Crippen LogP contribution in [0.4, 0.5) is 5.69 Å². The molecule has 0 radical (unpaired) electrons. The molecule has 1 fully saturated rings. The Morgan fingerprint density at radius 2 is 1.67 bits per heavy atom. The second-order valence-electron chi connectivity index (χ2n) is 7.45. The topological polar surface area (TPSA) is 78.5 Å². The first-order chi connectivity index (χ1) is 14.5. The van der Waals surface area contributed by atoms with E-state index in [1.165, 1.54) is 25.3 Å². The van der Waals surface area contributed by atoms with Crippen LogP contribution in [-0.4, -0.2) is 45.4 Å². The summed E-state index contributed by atoms with van der Waals surface area (Å²) in [6.07, 6.45) is 6.32. The number of amides is 1. The highest BCUT2D eigenvalue weighted by atomic mass is 32.2. The first-order valence-corrected chi connectivity index (χ1v) is 11.9. The smallest absolute Gasteiger partial charge is 0.255 e. The van der Waals surface area contributed by atoms with Gasteiger partial charge in [0.15, 0.2) is 0 Å². The van der Waals surface area contributed by atoms with Gasteiger partial charge in [0.05, 0.1) is 5.41 Å². The Morgan fingerprint density at radius 1 is 0.967 bits per heavy atom. The lowest BCUT2D eigenvalue weighted by atomic mass is 10.1. The van der Waals surface area contributed by atoms with Crippen LogP contribution in [0.3, 0.4) is 0 Å². The van der Waals surface area contributed by atoms with Crippen LogP contribution >= 0.6 is 0 Å². The van der Waals surface area contributed by atoms with Crippen molar-refractivity contribution >= 4 is 27.7 Å². The van der Waals surface area contributed by atoms with Crippen molar-refractivity contribution in [3.63, 3.8) is 0 Å². The number of hydrogen-bond acceptors (Lipinski definition) is 4. The highest BCUT2D eigenvalue weighted by Crippen LogP contribution is 2.13. The summed E-state index contributed by atoms with van der Waals surface area (Å²) in [5.41, 5.74) is 1.72. The summed E-state index contributed by atoms with van der Waals surface area (Å²) >= 11 is 0. The van der Waals surface area contributed by atoms with Crippen molar-refractivity contribution < 1.29 is 13.2 Å². The van der Waals surface area contributed by atoms with Crippen molar-refractivity contribution in [1.82, 2.24) is 10.2 Å². The van der Waals surface area contributed by atoms with Crippen LogP contribution in [-0.2, 0) is 10.0 Å². The fourth-order valence-electron chi connectivity index (χ4n) is 3.41. The number of anilines is 1. The molecular formula is C23H29N3O3S. The third-order valence-electron chi connectivity index (χ3n) is 5.03. The first kappa shape index (κ1) is 22.1. The molecule has 0 aromatic heterocycles. The molecule has 2 aromatic carbocycles. The molecular weight excluding hydrogens is 398 g/mol. The van der Waals surface area contributed by atoms with Gasteiger partial charge in [0.25, 0.3) is 15.9 Å². The molecule has 1 aliphatic rings. The monoisotopic (exact) mass is 427 g/mol. The van der Waals surface area contributed by atoms with Crippen LogP contribution in [0.5, 0.6) is 0 Å². The molecule has 0 atom stereocenters. The minimum Gasteiger partial charge on any atom is -0.352 e. The summed E-state index contributed by atoms with van der Waals surface area (Å²) in [5.74, 6) is -0.146. The van der Waals surface area contributed by atoms with Crippen molar-refractivity contribution in [3.8, 4) is 0 Å². The Hall–Kier alpha value is -2.64. The summed E-state index contributed by atoms with van der Waals surface area (Å²) in [5, 5.41) is 4.06. The Balaban J connectivity index is 1.45. The highest BCUT2D eigenvalue weighted by molar-refractivity contribution is 7.95. The summed E-state index contributed by atoms with van der Waals surface area (Å²) in [7, 11) is -3.63. The number of hydrogen-bond donors (Lipinski definition) is 2. The van der Waals surface area contributed by atoms with Crippen LogP contribution < -0.4 is 10.0 Å². The molecule has 1 amide bonds. The SMILES string of the molecule is O=C(NCCCN1CCCCC1)c1ccc(NS(=O)(=O)/C=C/c2ccccc2)cc1. The molecule has 0 aliphatic carbocycles. The number of carbonyl (C=O) groups is 1. The number of rotatable bonds is 9. The molecule has 0 unspecified atom stereocenters. The average Bonchev–Trinajstić information content (AvgIpc) is 2.77. The first-order valence-electron chi connectivity index (χ1n) is 10.4. The van der Waals surface area contributed by atoms with Gasteiger partial charge in [-0.3, -0.25) is 9.52 Å². The lowest BCUT2D eigenvalue weighted by Crippen LogP contribution is -2.33. The van der Waals surface area contributed by atoms with Crippen molar-refractivity contribution in [2.24, 2.45) is 0 Å². The maximum atomic E-state index is 12.3. The number of likely N-dealkylation sites (tertiary alicyclic amines) is 1. The summed E-state index contributed by atoms with van der Waals surface area (Å²) < 4.78 is 26.9. The summed E-state index contributed by atoms with van der Waals surface area (Å²) in [6.45, 7) is 3.96. The standard InChI is InChI=1S/C23H29N3O3S/c27-23(24-15-7-18-26-16-5-2-6-17-26)21-10-12-22(13-11-21)25-30(28,29)19-14-20-8-3-1-4-9-20/h1,3-4,8-14,19,25H,2,5-7,15-18H2,(H,24,27)/b19-14+. The Kier molecular flexibility index (Phi) is 8.04. The molecule has 2 N–H and O–H groups in total. The molecule has 160 valence electrons. The van der Waals surface area contributed by atoms with Crippen LogP contribution in [0.15, 0.2) is 60.0 Å². The maximum absolute atomic E-state index is 12.3. The van der Waals surface area contributed by atoms with E-state index in [-0.39, 0.29) is 5.91 Å². The van der Waals surface area contributed by atoms with E-state index in [1.54, 1.807) is 24.3 Å². The second-order valence-corrected chi connectivity index (χ2v) is 9.02. The van der Waals surface area contributed by atoms with Crippen molar-refractivity contribution in [2.75, 3.05) is 30.9 Å². The lowest BCUT2D eigenvalue weighted by Gasteiger charge is -2.26. The zero-order chi connectivity index (χ0) is 21.2. The number of nitrogens with one attached hydrogen (secondary N) is 2. The number of sulfonamides is 1. The van der Waals surface area contributed by atoms with E-state index in [0.717, 1.165) is 37.0 Å². The molecule has 1 heterocycles. The predicted molar refractivity (Wildman–Crippen MR) is 122 cm³/mol. The molecule has 3 rings (SSSR count). The Labute approximate surface area is 179 Å². The maximum Gasteiger partial charge on any atom is 0.255 e.